The molecule has 0 unspecified atom stereocenters. The van der Waals surface area contributed by atoms with Gasteiger partial charge < -0.3 is 5.32 Å². The van der Waals surface area contributed by atoms with Crippen LogP contribution < -0.4 is 5.32 Å². The van der Waals surface area contributed by atoms with Crippen molar-refractivity contribution >= 4 is 27.3 Å². The molecule has 1 nitrogen and oxygen atoms in total. The predicted octanol–water partition coefficient (Wildman–Crippen LogP) is 4.43. The van der Waals surface area contributed by atoms with E-state index in [2.05, 4.69) is 57.6 Å². The summed E-state index contributed by atoms with van der Waals surface area (Å²) in [6, 6.07) is 13.1. The van der Waals surface area contributed by atoms with Gasteiger partial charge in [-0.05, 0) is 49.7 Å². The van der Waals surface area contributed by atoms with E-state index in [0.29, 0.717) is 5.41 Å². The van der Waals surface area contributed by atoms with Gasteiger partial charge in [-0.15, -0.1) is 11.3 Å². The van der Waals surface area contributed by atoms with Crippen LogP contribution in [0.15, 0.2) is 40.9 Å². The molecule has 1 fully saturated rings. The Morgan fingerprint density at radius 3 is 2.78 bits per heavy atom. The van der Waals surface area contributed by atoms with Gasteiger partial charge in [-0.2, -0.15) is 0 Å². The van der Waals surface area contributed by atoms with Crippen molar-refractivity contribution in [2.75, 3.05) is 13.6 Å². The highest BCUT2D eigenvalue weighted by Gasteiger charge is 2.44. The minimum absolute atomic E-state index is 0.434. The predicted molar refractivity (Wildman–Crippen MR) is 82.3 cm³/mol. The number of thiophene rings is 1. The van der Waals surface area contributed by atoms with Gasteiger partial charge in [0.25, 0.3) is 0 Å². The van der Waals surface area contributed by atoms with Crippen molar-refractivity contribution in [2.45, 2.75) is 18.3 Å². The molecule has 1 saturated carbocycles. The largest absolute Gasteiger partial charge is 0.319 e. The Morgan fingerprint density at radius 1 is 1.28 bits per heavy atom. The smallest absolute Gasteiger partial charge is 0.0346 e. The van der Waals surface area contributed by atoms with Crippen LogP contribution in [0.2, 0.25) is 0 Å². The van der Waals surface area contributed by atoms with Gasteiger partial charge in [-0.1, -0.05) is 28.1 Å². The van der Waals surface area contributed by atoms with Gasteiger partial charge in [0.1, 0.15) is 0 Å². The minimum atomic E-state index is 0.434. The topological polar surface area (TPSA) is 12.0 Å². The first-order valence-electron chi connectivity index (χ1n) is 6.24. The monoisotopic (exact) mass is 321 g/mol. The van der Waals surface area contributed by atoms with Gasteiger partial charge in [0.2, 0.25) is 0 Å². The molecule has 1 heterocycles. The fourth-order valence-corrected chi connectivity index (χ4v) is 4.07. The highest BCUT2D eigenvalue weighted by Crippen LogP contribution is 2.51. The van der Waals surface area contributed by atoms with Crippen LogP contribution in [-0.2, 0) is 5.41 Å². The zero-order valence-corrected chi connectivity index (χ0v) is 12.8. The van der Waals surface area contributed by atoms with Crippen molar-refractivity contribution < 1.29 is 0 Å². The van der Waals surface area contributed by atoms with E-state index >= 15 is 0 Å². The van der Waals surface area contributed by atoms with E-state index in [1.165, 1.54) is 28.2 Å². The number of hydrogen-bond acceptors (Lipinski definition) is 2. The lowest BCUT2D eigenvalue weighted by Crippen LogP contribution is -2.22. The number of halogens is 1. The number of nitrogens with one attached hydrogen (secondary N) is 1. The molecule has 2 aromatic rings. The molecule has 3 rings (SSSR count). The third-order valence-corrected chi connectivity index (χ3v) is 5.48. The summed E-state index contributed by atoms with van der Waals surface area (Å²) in [5.41, 5.74) is 1.74. The van der Waals surface area contributed by atoms with Crippen molar-refractivity contribution in [3.63, 3.8) is 0 Å². The van der Waals surface area contributed by atoms with Gasteiger partial charge in [0.15, 0.2) is 0 Å². The maximum atomic E-state index is 3.54. The lowest BCUT2D eigenvalue weighted by Gasteiger charge is -2.11. The molecule has 0 amide bonds. The molecule has 94 valence electrons. The van der Waals surface area contributed by atoms with E-state index in [9.17, 15) is 0 Å². The number of likely N-dealkylation sites (N-methyl/N-ethyl adjacent to an activating group) is 1. The summed E-state index contributed by atoms with van der Waals surface area (Å²) >= 11 is 5.48. The van der Waals surface area contributed by atoms with E-state index in [1.807, 2.05) is 18.4 Å². The summed E-state index contributed by atoms with van der Waals surface area (Å²) < 4.78 is 1.14. The summed E-state index contributed by atoms with van der Waals surface area (Å²) in [5.74, 6) is 0. The summed E-state index contributed by atoms with van der Waals surface area (Å²) in [6.45, 7) is 1.10. The van der Waals surface area contributed by atoms with E-state index in [1.54, 1.807) is 0 Å². The minimum Gasteiger partial charge on any atom is -0.319 e. The molecular formula is C15H16BrNS. The van der Waals surface area contributed by atoms with Crippen molar-refractivity contribution in [2.24, 2.45) is 0 Å². The van der Waals surface area contributed by atoms with Crippen LogP contribution >= 0.6 is 27.3 Å². The van der Waals surface area contributed by atoms with Crippen molar-refractivity contribution in [3.8, 4) is 10.4 Å². The van der Waals surface area contributed by atoms with E-state index in [0.717, 1.165) is 11.0 Å². The van der Waals surface area contributed by atoms with E-state index in [4.69, 9.17) is 0 Å². The number of rotatable bonds is 4. The maximum absolute atomic E-state index is 3.54. The van der Waals surface area contributed by atoms with Gasteiger partial charge in [-0.3, -0.25) is 0 Å². The second-order valence-electron chi connectivity index (χ2n) is 4.98. The molecule has 0 radical (unpaired) electrons. The Hall–Kier alpha value is -0.640. The molecule has 1 aliphatic rings. The third-order valence-electron chi connectivity index (χ3n) is 3.61. The highest BCUT2D eigenvalue weighted by molar-refractivity contribution is 9.10. The normalized spacial score (nSPS) is 16.8. The highest BCUT2D eigenvalue weighted by atomic mass is 79.9. The molecule has 1 N–H and O–H groups in total. The molecule has 3 heteroatoms. The zero-order chi connectivity index (χ0) is 12.6. The van der Waals surface area contributed by atoms with Gasteiger partial charge in [-0.25, -0.2) is 0 Å². The number of hydrogen-bond donors (Lipinski definition) is 1. The lowest BCUT2D eigenvalue weighted by molar-refractivity contribution is 0.634. The SMILES string of the molecule is CNCC1(c2ccc(-c3cccc(Br)c3)s2)CC1. The van der Waals surface area contributed by atoms with E-state index in [-0.39, 0.29) is 0 Å². The Kier molecular flexibility index (Phi) is 3.31. The Balaban J connectivity index is 1.90. The zero-order valence-electron chi connectivity index (χ0n) is 10.4. The first-order chi connectivity index (χ1) is 8.73. The first-order valence-corrected chi connectivity index (χ1v) is 7.85. The van der Waals surface area contributed by atoms with Crippen molar-refractivity contribution in [1.82, 2.24) is 5.32 Å². The quantitative estimate of drug-likeness (QED) is 0.878. The average molecular weight is 322 g/mol. The fourth-order valence-electron chi connectivity index (χ4n) is 2.42. The second-order valence-corrected chi connectivity index (χ2v) is 6.98. The van der Waals surface area contributed by atoms with Crippen LogP contribution in [0.3, 0.4) is 0 Å². The van der Waals surface area contributed by atoms with Crippen LogP contribution in [0.1, 0.15) is 17.7 Å². The summed E-state index contributed by atoms with van der Waals surface area (Å²) in [4.78, 5) is 2.90. The Bertz CT molecular complexity index is 557. The fraction of sp³-hybridized carbons (Fsp3) is 0.333. The standard InChI is InChI=1S/C15H16BrNS/c1-17-10-15(7-8-15)14-6-5-13(18-14)11-3-2-4-12(16)9-11/h2-6,9,17H,7-8,10H2,1H3. The van der Waals surface area contributed by atoms with Crippen LogP contribution in [0.5, 0.6) is 0 Å². The molecule has 0 aliphatic heterocycles. The molecular weight excluding hydrogens is 306 g/mol. The van der Waals surface area contributed by atoms with Gasteiger partial charge in [0.05, 0.1) is 0 Å². The van der Waals surface area contributed by atoms with Crippen molar-refractivity contribution in [1.29, 1.82) is 0 Å². The molecule has 0 atom stereocenters. The molecule has 0 bridgehead atoms. The summed E-state index contributed by atoms with van der Waals surface area (Å²) in [6.07, 6.45) is 2.65. The second kappa shape index (κ2) is 4.80. The molecule has 0 saturated heterocycles. The Morgan fingerprint density at radius 2 is 2.11 bits per heavy atom. The molecule has 0 spiro atoms. The average Bonchev–Trinajstić information content (AvgIpc) is 2.97. The third kappa shape index (κ3) is 2.27. The molecule has 1 aliphatic carbocycles. The van der Waals surface area contributed by atoms with Crippen molar-refractivity contribution in [3.05, 3.63) is 45.7 Å². The molecule has 1 aromatic carbocycles. The number of benzene rings is 1. The van der Waals surface area contributed by atoms with E-state index < -0.39 is 0 Å². The Labute approximate surface area is 120 Å². The molecule has 18 heavy (non-hydrogen) atoms. The van der Waals surface area contributed by atoms with Gasteiger partial charge in [0, 0.05) is 26.2 Å². The van der Waals surface area contributed by atoms with Crippen LogP contribution in [-0.4, -0.2) is 13.6 Å². The summed E-state index contributed by atoms with van der Waals surface area (Å²) in [5, 5.41) is 3.33. The maximum Gasteiger partial charge on any atom is 0.0346 e. The molecule has 1 aromatic heterocycles. The first kappa shape index (κ1) is 12.4. The van der Waals surface area contributed by atoms with Crippen LogP contribution in [0.4, 0.5) is 0 Å². The summed E-state index contributed by atoms with van der Waals surface area (Å²) in [7, 11) is 2.04. The van der Waals surface area contributed by atoms with Gasteiger partial charge >= 0.3 is 0 Å². The van der Waals surface area contributed by atoms with Crippen LogP contribution in [0, 0.1) is 0 Å². The van der Waals surface area contributed by atoms with Crippen LogP contribution in [0.25, 0.3) is 10.4 Å². The lowest BCUT2D eigenvalue weighted by atomic mass is 10.1.